The first kappa shape index (κ1) is 18.3. The van der Waals surface area contributed by atoms with Crippen LogP contribution < -0.4 is 0 Å². The molecule has 0 bridgehead atoms. The molecule has 3 nitrogen and oxygen atoms in total. The van der Waals surface area contributed by atoms with E-state index in [0.717, 1.165) is 18.5 Å². The van der Waals surface area contributed by atoms with Gasteiger partial charge in [0.15, 0.2) is 0 Å². The third-order valence-electron chi connectivity index (χ3n) is 3.15. The van der Waals surface area contributed by atoms with Crippen LogP contribution in [0.3, 0.4) is 0 Å². The van der Waals surface area contributed by atoms with Crippen molar-refractivity contribution in [3.05, 3.63) is 65.6 Å². The molecule has 0 spiro atoms. The van der Waals surface area contributed by atoms with Crippen LogP contribution in [0.4, 0.5) is 0 Å². The summed E-state index contributed by atoms with van der Waals surface area (Å²) in [6, 6.07) is 13.6. The third-order valence-corrected chi connectivity index (χ3v) is 3.15. The van der Waals surface area contributed by atoms with Gasteiger partial charge >= 0.3 is 5.78 Å². The molecule has 0 atom stereocenters. The number of hydrogen-bond acceptors (Lipinski definition) is 2. The number of aryl methyl sites for hydroxylation is 2. The van der Waals surface area contributed by atoms with Crippen molar-refractivity contribution in [1.82, 2.24) is 4.98 Å². The Morgan fingerprint density at radius 1 is 1.23 bits per heavy atom. The molecule has 0 saturated heterocycles. The van der Waals surface area contributed by atoms with Crippen molar-refractivity contribution in [3.63, 3.8) is 0 Å². The van der Waals surface area contributed by atoms with Gasteiger partial charge in [0.25, 0.3) is 0 Å². The Labute approximate surface area is 145 Å². The van der Waals surface area contributed by atoms with Gasteiger partial charge in [0.1, 0.15) is 0 Å². The number of aliphatic hydroxyl groups excluding tert-OH is 1. The van der Waals surface area contributed by atoms with Gasteiger partial charge in [-0.15, -0.1) is 35.4 Å². The minimum absolute atomic E-state index is 0. The van der Waals surface area contributed by atoms with E-state index in [9.17, 15) is 0 Å². The molecule has 2 aromatic rings. The number of rotatable bonds is 1. The molecule has 3 rings (SSSR count). The molecule has 4 heteroatoms. The van der Waals surface area contributed by atoms with Crippen molar-refractivity contribution >= 4 is 5.78 Å². The monoisotopic (exact) mass is 476 g/mol. The Morgan fingerprint density at radius 3 is 2.55 bits per heavy atom. The molecule has 0 fully saturated rings. The van der Waals surface area contributed by atoms with E-state index < -0.39 is 0 Å². The van der Waals surface area contributed by atoms with Gasteiger partial charge in [-0.3, -0.25) is 4.79 Å². The van der Waals surface area contributed by atoms with Gasteiger partial charge in [-0.2, -0.15) is 0 Å². The molecule has 0 radical (unpaired) electrons. The number of benzene rings is 1. The minimum Gasteiger partial charge on any atom is -0.512 e. The van der Waals surface area contributed by atoms with Crippen molar-refractivity contribution in [3.8, 4) is 11.3 Å². The van der Waals surface area contributed by atoms with E-state index in [4.69, 9.17) is 9.90 Å². The molecule has 0 saturated carbocycles. The SMILES string of the molecule is CC(=[OH+])/C=C(/C)O.[Pt].[c-]1cccc2c1-c1ncccc1CC2. The number of nitrogens with zero attached hydrogens (tertiary/aromatic N) is 1. The Kier molecular flexibility index (Phi) is 7.20. The molecule has 1 aromatic carbocycles. The van der Waals surface area contributed by atoms with Crippen molar-refractivity contribution in [2.75, 3.05) is 0 Å². The van der Waals surface area contributed by atoms with E-state index in [1.165, 1.54) is 36.6 Å². The van der Waals surface area contributed by atoms with Crippen LogP contribution in [0.15, 0.2) is 48.4 Å². The molecule has 1 aromatic heterocycles. The summed E-state index contributed by atoms with van der Waals surface area (Å²) >= 11 is 0. The zero-order valence-corrected chi connectivity index (χ0v) is 14.9. The number of aromatic nitrogens is 1. The van der Waals surface area contributed by atoms with E-state index in [1.807, 2.05) is 24.4 Å². The summed E-state index contributed by atoms with van der Waals surface area (Å²) in [7, 11) is 0. The second kappa shape index (κ2) is 8.65. The van der Waals surface area contributed by atoms with Gasteiger partial charge in [0.2, 0.25) is 0 Å². The second-order valence-electron chi connectivity index (χ2n) is 5.01. The van der Waals surface area contributed by atoms with E-state index in [1.54, 1.807) is 0 Å². The van der Waals surface area contributed by atoms with Gasteiger partial charge in [0.05, 0.1) is 18.8 Å². The summed E-state index contributed by atoms with van der Waals surface area (Å²) < 4.78 is 0. The molecule has 2 N–H and O–H groups in total. The second-order valence-corrected chi connectivity index (χ2v) is 5.01. The zero-order chi connectivity index (χ0) is 15.2. The predicted molar refractivity (Wildman–Crippen MR) is 84.9 cm³/mol. The van der Waals surface area contributed by atoms with Crippen LogP contribution >= 0.6 is 0 Å². The molecule has 0 unspecified atom stereocenters. The number of ketones is 1. The van der Waals surface area contributed by atoms with E-state index in [0.29, 0.717) is 0 Å². The molecule has 0 aliphatic heterocycles. The normalized spacial score (nSPS) is 12.0. The maximum atomic E-state index is 8.40. The molecular formula is C18H19NO2Pt. The van der Waals surface area contributed by atoms with Crippen LogP contribution in [-0.2, 0) is 33.9 Å². The maximum Gasteiger partial charge on any atom is 0.316 e. The van der Waals surface area contributed by atoms with Gasteiger partial charge in [-0.25, -0.2) is 0 Å². The van der Waals surface area contributed by atoms with Crippen LogP contribution in [0, 0.1) is 6.07 Å². The molecule has 0 amide bonds. The van der Waals surface area contributed by atoms with Crippen LogP contribution in [0.2, 0.25) is 0 Å². The van der Waals surface area contributed by atoms with Crippen molar-refractivity contribution in [1.29, 1.82) is 0 Å². The van der Waals surface area contributed by atoms with Gasteiger partial charge in [0, 0.05) is 27.3 Å². The zero-order valence-electron chi connectivity index (χ0n) is 12.6. The number of hydrogen-bond donors (Lipinski definition) is 1. The van der Waals surface area contributed by atoms with E-state index in [2.05, 4.69) is 23.2 Å². The fourth-order valence-corrected chi connectivity index (χ4v) is 2.34. The number of aliphatic hydroxyl groups is 1. The first-order valence-corrected chi connectivity index (χ1v) is 6.91. The van der Waals surface area contributed by atoms with E-state index >= 15 is 0 Å². The largest absolute Gasteiger partial charge is 0.512 e. The average molecular weight is 476 g/mol. The summed E-state index contributed by atoms with van der Waals surface area (Å²) in [5, 5.41) is 8.40. The van der Waals surface area contributed by atoms with Gasteiger partial charge in [-0.1, -0.05) is 18.1 Å². The summed E-state index contributed by atoms with van der Waals surface area (Å²) in [6.07, 6.45) is 5.36. The Bertz CT molecular complexity index is 631. The van der Waals surface area contributed by atoms with Crippen LogP contribution in [-0.4, -0.2) is 20.7 Å². The first-order chi connectivity index (χ1) is 10.1. The summed E-state index contributed by atoms with van der Waals surface area (Å²) in [4.78, 5) is 12.8. The average Bonchev–Trinajstić information content (AvgIpc) is 2.46. The molecule has 1 aliphatic carbocycles. The molecule has 1 heterocycles. The number of fused-ring (bicyclic) bond motifs is 3. The van der Waals surface area contributed by atoms with Crippen molar-refractivity contribution < 1.29 is 31.0 Å². The summed E-state index contributed by atoms with van der Waals surface area (Å²) in [6.45, 7) is 3.00. The fourth-order valence-electron chi connectivity index (χ4n) is 2.34. The van der Waals surface area contributed by atoms with Gasteiger partial charge in [-0.05, 0) is 25.1 Å². The third kappa shape index (κ3) is 4.92. The quantitative estimate of drug-likeness (QED) is 0.296. The number of pyridine rings is 1. The Hall–Kier alpha value is -1.73. The van der Waals surface area contributed by atoms with E-state index in [-0.39, 0.29) is 32.6 Å². The summed E-state index contributed by atoms with van der Waals surface area (Å²) in [5.74, 6) is 0.250. The maximum absolute atomic E-state index is 8.40. The van der Waals surface area contributed by atoms with Crippen LogP contribution in [0.1, 0.15) is 25.0 Å². The minimum atomic E-state index is 0. The standard InChI is InChI=1S/C13H10N.C5H8O2.Pt/c1-2-6-12-10(4-1)7-8-11-5-3-9-14-13(11)12;1-4(6)3-5(2)7;/h1-5,9H,7-8H2;3,6H,1-2H3;/q-1;;/p+1/b;4-3-;. The van der Waals surface area contributed by atoms with Crippen molar-refractivity contribution in [2.24, 2.45) is 0 Å². The Balaban J connectivity index is 0.000000264. The molecule has 22 heavy (non-hydrogen) atoms. The smallest absolute Gasteiger partial charge is 0.316 e. The first-order valence-electron chi connectivity index (χ1n) is 6.91. The molecule has 1 aliphatic rings. The fraction of sp³-hybridized carbons (Fsp3) is 0.222. The van der Waals surface area contributed by atoms with Crippen molar-refractivity contribution in [2.45, 2.75) is 26.7 Å². The molecule has 118 valence electrons. The summed E-state index contributed by atoms with van der Waals surface area (Å²) in [5.41, 5.74) is 5.03. The topological polar surface area (TPSA) is 54.5 Å². The van der Waals surface area contributed by atoms with Gasteiger partial charge < -0.3 is 10.1 Å². The van der Waals surface area contributed by atoms with Crippen LogP contribution in [0.25, 0.3) is 11.3 Å². The Morgan fingerprint density at radius 2 is 1.91 bits per heavy atom. The number of allylic oxidation sites excluding steroid dienone is 2. The number of carbonyl (C=O) groups excluding carboxylic acids is 1. The predicted octanol–water partition coefficient (Wildman–Crippen LogP) is 3.66. The van der Waals surface area contributed by atoms with Crippen LogP contribution in [0.5, 0.6) is 0 Å². The molecular weight excluding hydrogens is 457 g/mol.